The quantitative estimate of drug-likeness (QED) is 0.562. The zero-order valence-electron chi connectivity index (χ0n) is 19.6. The van der Waals surface area contributed by atoms with Gasteiger partial charge in [-0.2, -0.15) is 0 Å². The van der Waals surface area contributed by atoms with Crippen molar-refractivity contribution in [3.8, 4) is 5.75 Å². The number of carbonyl (C=O) groups is 3. The van der Waals surface area contributed by atoms with Gasteiger partial charge in [-0.3, -0.25) is 9.59 Å². The number of likely N-dealkylation sites (tertiary alicyclic amines) is 1. The summed E-state index contributed by atoms with van der Waals surface area (Å²) in [5.74, 6) is 3.00. The van der Waals surface area contributed by atoms with Gasteiger partial charge in [0.2, 0.25) is 5.91 Å². The molecule has 1 saturated carbocycles. The van der Waals surface area contributed by atoms with E-state index in [1.807, 2.05) is 29.2 Å². The van der Waals surface area contributed by atoms with Crippen LogP contribution in [-0.4, -0.2) is 48.2 Å². The van der Waals surface area contributed by atoms with Crippen molar-refractivity contribution in [2.24, 2.45) is 17.8 Å². The van der Waals surface area contributed by atoms with Crippen molar-refractivity contribution in [3.63, 3.8) is 0 Å². The van der Waals surface area contributed by atoms with Crippen LogP contribution < -0.4 is 10.1 Å². The third-order valence-electron chi connectivity index (χ3n) is 7.41. The SMILES string of the molecule is CC(=O)CCC(=O)N1CCC(Oc2cccc(C(=O)NCCC3CC4C=CCC3C4)c2)CC1.[HH]. The molecule has 4 rings (SSSR count). The lowest BCUT2D eigenvalue weighted by atomic mass is 9.89. The van der Waals surface area contributed by atoms with E-state index in [4.69, 9.17) is 4.74 Å². The van der Waals surface area contributed by atoms with Crippen LogP contribution >= 0.6 is 0 Å². The molecule has 1 N–H and O–H groups in total. The molecular formula is C27H38N2O4. The molecule has 3 unspecified atom stereocenters. The molecule has 0 radical (unpaired) electrons. The lowest BCUT2D eigenvalue weighted by Crippen LogP contribution is -2.41. The van der Waals surface area contributed by atoms with E-state index in [1.165, 1.54) is 26.2 Å². The first kappa shape index (κ1) is 23.5. The molecule has 33 heavy (non-hydrogen) atoms. The largest absolute Gasteiger partial charge is 0.490 e. The van der Waals surface area contributed by atoms with Gasteiger partial charge in [0.15, 0.2) is 0 Å². The molecule has 2 amide bonds. The Morgan fingerprint density at radius 1 is 1.15 bits per heavy atom. The monoisotopic (exact) mass is 454 g/mol. The number of nitrogens with zero attached hydrogens (tertiary/aromatic N) is 1. The van der Waals surface area contributed by atoms with Crippen LogP contribution in [0.5, 0.6) is 5.75 Å². The van der Waals surface area contributed by atoms with Crippen LogP contribution in [0, 0.1) is 17.8 Å². The van der Waals surface area contributed by atoms with Crippen LogP contribution in [0.4, 0.5) is 0 Å². The van der Waals surface area contributed by atoms with Crippen molar-refractivity contribution >= 4 is 17.6 Å². The molecule has 1 saturated heterocycles. The van der Waals surface area contributed by atoms with Crippen LogP contribution in [0.3, 0.4) is 0 Å². The third kappa shape index (κ3) is 6.46. The molecule has 2 aliphatic carbocycles. The van der Waals surface area contributed by atoms with Gasteiger partial charge in [-0.1, -0.05) is 18.2 Å². The first-order valence-corrected chi connectivity index (χ1v) is 12.5. The van der Waals surface area contributed by atoms with Crippen LogP contribution in [0.15, 0.2) is 36.4 Å². The van der Waals surface area contributed by atoms with Crippen LogP contribution in [0.25, 0.3) is 0 Å². The molecule has 1 aromatic carbocycles. The average molecular weight is 455 g/mol. The Labute approximate surface area is 198 Å². The lowest BCUT2D eigenvalue weighted by Gasteiger charge is -2.32. The lowest BCUT2D eigenvalue weighted by molar-refractivity contribution is -0.134. The summed E-state index contributed by atoms with van der Waals surface area (Å²) in [4.78, 5) is 37.8. The van der Waals surface area contributed by atoms with Gasteiger partial charge in [-0.05, 0) is 68.6 Å². The number of fused-ring (bicyclic) bond motifs is 2. The summed E-state index contributed by atoms with van der Waals surface area (Å²) in [7, 11) is 0. The fourth-order valence-electron chi connectivity index (χ4n) is 5.54. The normalized spacial score (nSPS) is 24.5. The maximum Gasteiger partial charge on any atom is 0.251 e. The summed E-state index contributed by atoms with van der Waals surface area (Å²) in [6, 6.07) is 7.38. The van der Waals surface area contributed by atoms with E-state index >= 15 is 0 Å². The van der Waals surface area contributed by atoms with Gasteiger partial charge in [0.05, 0.1) is 0 Å². The second-order valence-corrected chi connectivity index (χ2v) is 9.89. The molecule has 2 fully saturated rings. The average Bonchev–Trinajstić information content (AvgIpc) is 3.10. The number of benzene rings is 1. The highest BCUT2D eigenvalue weighted by Crippen LogP contribution is 2.43. The highest BCUT2D eigenvalue weighted by atomic mass is 16.5. The minimum Gasteiger partial charge on any atom is -0.490 e. The van der Waals surface area contributed by atoms with Gasteiger partial charge in [0, 0.05) is 52.3 Å². The van der Waals surface area contributed by atoms with Gasteiger partial charge < -0.3 is 19.7 Å². The molecule has 0 aromatic heterocycles. The van der Waals surface area contributed by atoms with E-state index in [0.29, 0.717) is 37.4 Å². The van der Waals surface area contributed by atoms with Crippen LogP contribution in [0.1, 0.15) is 70.1 Å². The smallest absolute Gasteiger partial charge is 0.251 e. The van der Waals surface area contributed by atoms with Crippen molar-refractivity contribution in [3.05, 3.63) is 42.0 Å². The van der Waals surface area contributed by atoms with Gasteiger partial charge in [-0.25, -0.2) is 0 Å². The molecule has 3 atom stereocenters. The summed E-state index contributed by atoms with van der Waals surface area (Å²) >= 11 is 0. The Morgan fingerprint density at radius 3 is 2.73 bits per heavy atom. The van der Waals surface area contributed by atoms with Crippen molar-refractivity contribution in [1.82, 2.24) is 10.2 Å². The summed E-state index contributed by atoms with van der Waals surface area (Å²) in [5.41, 5.74) is 0.621. The molecule has 1 aliphatic heterocycles. The first-order valence-electron chi connectivity index (χ1n) is 12.5. The fraction of sp³-hybridized carbons (Fsp3) is 0.593. The van der Waals surface area contributed by atoms with Crippen LogP contribution in [0.2, 0.25) is 0 Å². The van der Waals surface area contributed by atoms with Crippen molar-refractivity contribution in [2.45, 2.75) is 64.4 Å². The number of piperidine rings is 1. The predicted octanol–water partition coefficient (Wildman–Crippen LogP) is 4.39. The molecule has 1 heterocycles. The molecule has 6 nitrogen and oxygen atoms in total. The van der Waals surface area contributed by atoms with Crippen molar-refractivity contribution in [2.75, 3.05) is 19.6 Å². The molecule has 1 aromatic rings. The number of allylic oxidation sites excluding steroid dienone is 2. The van der Waals surface area contributed by atoms with Gasteiger partial charge >= 0.3 is 0 Å². The van der Waals surface area contributed by atoms with Crippen molar-refractivity contribution < 1.29 is 20.5 Å². The summed E-state index contributed by atoms with van der Waals surface area (Å²) in [6.07, 6.45) is 11.7. The Morgan fingerprint density at radius 2 is 1.97 bits per heavy atom. The van der Waals surface area contributed by atoms with Crippen molar-refractivity contribution in [1.29, 1.82) is 0 Å². The Kier molecular flexibility index (Phi) is 7.84. The number of carbonyl (C=O) groups excluding carboxylic acids is 3. The Hall–Kier alpha value is -2.63. The predicted molar refractivity (Wildman–Crippen MR) is 129 cm³/mol. The maximum absolute atomic E-state index is 12.7. The van der Waals surface area contributed by atoms with E-state index in [2.05, 4.69) is 17.5 Å². The Bertz CT molecular complexity index is 894. The van der Waals surface area contributed by atoms with E-state index in [9.17, 15) is 14.4 Å². The summed E-state index contributed by atoms with van der Waals surface area (Å²) in [5, 5.41) is 3.09. The standard InChI is InChI=1S/C27H36N2O4.H2/c1-19(30)8-9-26(31)29-14-11-24(12-15-29)33-25-7-3-6-23(18-25)27(32)28-13-10-22-17-20-4-2-5-21(22)16-20;/h2-4,6-7,18,20-22,24H,5,8-17H2,1H3,(H,28,32);1H. The number of nitrogens with one attached hydrogen (secondary N) is 1. The molecule has 3 aliphatic rings. The minimum atomic E-state index is -0.0505. The summed E-state index contributed by atoms with van der Waals surface area (Å²) in [6.45, 7) is 3.51. The first-order chi connectivity index (χ1) is 16.0. The van der Waals surface area contributed by atoms with Gasteiger partial charge in [0.1, 0.15) is 17.6 Å². The summed E-state index contributed by atoms with van der Waals surface area (Å²) < 4.78 is 6.13. The zero-order chi connectivity index (χ0) is 23.2. The third-order valence-corrected chi connectivity index (χ3v) is 7.41. The zero-order valence-corrected chi connectivity index (χ0v) is 19.6. The van der Waals surface area contributed by atoms with E-state index in [0.717, 1.165) is 37.0 Å². The van der Waals surface area contributed by atoms with E-state index in [1.54, 1.807) is 0 Å². The number of rotatable bonds is 9. The second kappa shape index (κ2) is 11.0. The van der Waals surface area contributed by atoms with E-state index < -0.39 is 0 Å². The Balaban J connectivity index is 0.00000324. The number of ether oxygens (including phenoxy) is 1. The maximum atomic E-state index is 12.7. The van der Waals surface area contributed by atoms with Gasteiger partial charge in [0.25, 0.3) is 5.91 Å². The minimum absolute atomic E-state index is 0. The second-order valence-electron chi connectivity index (χ2n) is 9.89. The van der Waals surface area contributed by atoms with Crippen LogP contribution in [-0.2, 0) is 9.59 Å². The number of hydrogen-bond acceptors (Lipinski definition) is 4. The van der Waals surface area contributed by atoms with E-state index in [-0.39, 0.29) is 31.5 Å². The number of ketones is 1. The fourth-order valence-corrected chi connectivity index (χ4v) is 5.54. The number of hydrogen-bond donors (Lipinski definition) is 1. The number of Topliss-reactive ketones (excluding diaryl/α,β-unsaturated/α-hetero) is 1. The number of amides is 2. The molecule has 6 heteroatoms. The molecule has 180 valence electrons. The van der Waals surface area contributed by atoms with Gasteiger partial charge in [-0.15, -0.1) is 0 Å². The molecular weight excluding hydrogens is 416 g/mol. The molecule has 0 spiro atoms. The highest BCUT2D eigenvalue weighted by molar-refractivity contribution is 5.94. The highest BCUT2D eigenvalue weighted by Gasteiger charge is 2.34. The topological polar surface area (TPSA) is 75.7 Å². The molecule has 2 bridgehead atoms.